The Morgan fingerprint density at radius 1 is 1.08 bits per heavy atom. The Morgan fingerprint density at radius 3 is 2.33 bits per heavy atom. The molecule has 0 unspecified atom stereocenters. The third-order valence-corrected chi connectivity index (χ3v) is 3.94. The van der Waals surface area contributed by atoms with Crippen LogP contribution in [0, 0.1) is 0 Å². The highest BCUT2D eigenvalue weighted by molar-refractivity contribution is 6.07. The SMILES string of the molecule is CCOC(=O)c1cccc(NC2CCC(=O)CC2)c1C(=O)OCC. The number of rotatable bonds is 6. The molecule has 130 valence electrons. The summed E-state index contributed by atoms with van der Waals surface area (Å²) in [7, 11) is 0. The first-order valence-electron chi connectivity index (χ1n) is 8.32. The van der Waals surface area contributed by atoms with Gasteiger partial charge < -0.3 is 14.8 Å². The summed E-state index contributed by atoms with van der Waals surface area (Å²) in [5.41, 5.74) is 0.917. The Hall–Kier alpha value is -2.37. The highest BCUT2D eigenvalue weighted by atomic mass is 16.5. The van der Waals surface area contributed by atoms with Gasteiger partial charge in [0.25, 0.3) is 0 Å². The van der Waals surface area contributed by atoms with Gasteiger partial charge in [-0.15, -0.1) is 0 Å². The van der Waals surface area contributed by atoms with Gasteiger partial charge in [-0.05, 0) is 38.8 Å². The van der Waals surface area contributed by atoms with E-state index in [1.807, 2.05) is 0 Å². The molecule has 6 nitrogen and oxygen atoms in total. The van der Waals surface area contributed by atoms with Crippen molar-refractivity contribution in [3.63, 3.8) is 0 Å². The molecule has 0 heterocycles. The number of benzene rings is 1. The third-order valence-electron chi connectivity index (χ3n) is 3.94. The maximum absolute atomic E-state index is 12.4. The Balaban J connectivity index is 2.31. The van der Waals surface area contributed by atoms with Crippen LogP contribution in [0.4, 0.5) is 5.69 Å². The minimum absolute atomic E-state index is 0.0910. The lowest BCUT2D eigenvalue weighted by atomic mass is 9.93. The number of ether oxygens (including phenoxy) is 2. The van der Waals surface area contributed by atoms with Crippen LogP contribution in [0.1, 0.15) is 60.2 Å². The van der Waals surface area contributed by atoms with Gasteiger partial charge in [0.1, 0.15) is 5.78 Å². The zero-order valence-corrected chi connectivity index (χ0v) is 14.1. The molecule has 0 saturated heterocycles. The highest BCUT2D eigenvalue weighted by Crippen LogP contribution is 2.26. The van der Waals surface area contributed by atoms with Crippen LogP contribution in [-0.4, -0.2) is 37.0 Å². The average Bonchev–Trinajstić information content (AvgIpc) is 2.57. The van der Waals surface area contributed by atoms with E-state index in [2.05, 4.69) is 5.32 Å². The molecule has 0 spiro atoms. The molecule has 1 aromatic carbocycles. The zero-order chi connectivity index (χ0) is 17.5. The fourth-order valence-corrected chi connectivity index (χ4v) is 2.78. The molecule has 1 saturated carbocycles. The van der Waals surface area contributed by atoms with E-state index >= 15 is 0 Å². The summed E-state index contributed by atoms with van der Waals surface area (Å²) in [5, 5.41) is 3.29. The number of hydrogen-bond acceptors (Lipinski definition) is 6. The maximum atomic E-state index is 12.4. The second-order valence-corrected chi connectivity index (χ2v) is 5.63. The third kappa shape index (κ3) is 4.34. The van der Waals surface area contributed by atoms with Crippen LogP contribution in [0.3, 0.4) is 0 Å². The number of Topliss-reactive ketones (excluding diaryl/α,β-unsaturated/α-hetero) is 1. The lowest BCUT2D eigenvalue weighted by Gasteiger charge is -2.25. The number of carbonyl (C=O) groups excluding carboxylic acids is 3. The summed E-state index contributed by atoms with van der Waals surface area (Å²) in [4.78, 5) is 35.9. The predicted molar refractivity (Wildman–Crippen MR) is 89.2 cm³/mol. The van der Waals surface area contributed by atoms with Crippen molar-refractivity contribution in [3.8, 4) is 0 Å². The van der Waals surface area contributed by atoms with Gasteiger partial charge in [-0.25, -0.2) is 9.59 Å². The summed E-state index contributed by atoms with van der Waals surface area (Å²) in [6.45, 7) is 3.87. The molecule has 2 rings (SSSR count). The number of esters is 2. The van der Waals surface area contributed by atoms with Gasteiger partial charge in [0.15, 0.2) is 0 Å². The first-order chi connectivity index (χ1) is 11.6. The first-order valence-corrected chi connectivity index (χ1v) is 8.32. The number of carbonyl (C=O) groups is 3. The summed E-state index contributed by atoms with van der Waals surface area (Å²) < 4.78 is 10.1. The van der Waals surface area contributed by atoms with Crippen LogP contribution in [0.25, 0.3) is 0 Å². The van der Waals surface area contributed by atoms with Crippen LogP contribution >= 0.6 is 0 Å². The lowest BCUT2D eigenvalue weighted by molar-refractivity contribution is -0.120. The van der Waals surface area contributed by atoms with Crippen LogP contribution in [-0.2, 0) is 14.3 Å². The van der Waals surface area contributed by atoms with Gasteiger partial charge in [0, 0.05) is 24.6 Å². The van der Waals surface area contributed by atoms with E-state index in [0.29, 0.717) is 31.4 Å². The number of hydrogen-bond donors (Lipinski definition) is 1. The first kappa shape index (κ1) is 18.0. The maximum Gasteiger partial charge on any atom is 0.341 e. The summed E-state index contributed by atoms with van der Waals surface area (Å²) in [6.07, 6.45) is 2.49. The van der Waals surface area contributed by atoms with Crippen molar-refractivity contribution >= 4 is 23.4 Å². The molecule has 0 radical (unpaired) electrons. The molecule has 1 N–H and O–H groups in total. The van der Waals surface area contributed by atoms with Crippen LogP contribution in [0.2, 0.25) is 0 Å². The van der Waals surface area contributed by atoms with Crippen molar-refractivity contribution in [2.45, 2.75) is 45.6 Å². The van der Waals surface area contributed by atoms with E-state index in [0.717, 1.165) is 0 Å². The van der Waals surface area contributed by atoms with E-state index in [9.17, 15) is 14.4 Å². The van der Waals surface area contributed by atoms with Crippen molar-refractivity contribution in [2.24, 2.45) is 0 Å². The van der Waals surface area contributed by atoms with Crippen molar-refractivity contribution < 1.29 is 23.9 Å². The molecule has 24 heavy (non-hydrogen) atoms. The van der Waals surface area contributed by atoms with E-state index in [-0.39, 0.29) is 36.2 Å². The largest absolute Gasteiger partial charge is 0.462 e. The lowest BCUT2D eigenvalue weighted by Crippen LogP contribution is -2.27. The number of ketones is 1. The Labute approximate surface area is 141 Å². The minimum Gasteiger partial charge on any atom is -0.462 e. The summed E-state index contributed by atoms with van der Waals surface area (Å²) in [5.74, 6) is -0.850. The minimum atomic E-state index is -0.560. The molecule has 1 aliphatic rings. The van der Waals surface area contributed by atoms with Crippen molar-refractivity contribution in [3.05, 3.63) is 29.3 Å². The smallest absolute Gasteiger partial charge is 0.341 e. The molecule has 6 heteroatoms. The van der Waals surface area contributed by atoms with Crippen molar-refractivity contribution in [2.75, 3.05) is 18.5 Å². The number of nitrogens with one attached hydrogen (secondary N) is 1. The molecular formula is C18H23NO5. The molecule has 0 amide bonds. The van der Waals surface area contributed by atoms with Crippen LogP contribution in [0.5, 0.6) is 0 Å². The van der Waals surface area contributed by atoms with E-state index in [1.165, 1.54) is 0 Å². The Kier molecular flexibility index (Phi) is 6.35. The van der Waals surface area contributed by atoms with Crippen molar-refractivity contribution in [1.82, 2.24) is 0 Å². The Bertz CT molecular complexity index is 616. The van der Waals surface area contributed by atoms with E-state index in [4.69, 9.17) is 9.47 Å². The monoisotopic (exact) mass is 333 g/mol. The topological polar surface area (TPSA) is 81.7 Å². The van der Waals surface area contributed by atoms with Gasteiger partial charge in [-0.2, -0.15) is 0 Å². The molecule has 0 atom stereocenters. The average molecular weight is 333 g/mol. The van der Waals surface area contributed by atoms with Crippen molar-refractivity contribution in [1.29, 1.82) is 0 Å². The molecule has 0 bridgehead atoms. The normalized spacial score (nSPS) is 15.0. The molecular weight excluding hydrogens is 310 g/mol. The van der Waals surface area contributed by atoms with E-state index in [1.54, 1.807) is 32.0 Å². The number of anilines is 1. The van der Waals surface area contributed by atoms with Gasteiger partial charge in [0.05, 0.1) is 24.3 Å². The summed E-state index contributed by atoms with van der Waals surface area (Å²) in [6, 6.07) is 5.09. The van der Waals surface area contributed by atoms with E-state index < -0.39 is 11.9 Å². The fourth-order valence-electron chi connectivity index (χ4n) is 2.78. The Morgan fingerprint density at radius 2 is 1.71 bits per heavy atom. The van der Waals surface area contributed by atoms with Gasteiger partial charge >= 0.3 is 11.9 Å². The fraction of sp³-hybridized carbons (Fsp3) is 0.500. The zero-order valence-electron chi connectivity index (χ0n) is 14.1. The second-order valence-electron chi connectivity index (χ2n) is 5.63. The van der Waals surface area contributed by atoms with Gasteiger partial charge in [0.2, 0.25) is 0 Å². The van der Waals surface area contributed by atoms with Gasteiger partial charge in [-0.3, -0.25) is 4.79 Å². The van der Waals surface area contributed by atoms with Crippen LogP contribution in [0.15, 0.2) is 18.2 Å². The molecule has 1 fully saturated rings. The predicted octanol–water partition coefficient (Wildman–Crippen LogP) is 2.96. The standard InChI is InChI=1S/C18H23NO5/c1-3-23-17(21)14-6-5-7-15(16(14)18(22)24-4-2)19-12-8-10-13(20)11-9-12/h5-7,12,19H,3-4,8-11H2,1-2H3. The van der Waals surface area contributed by atoms with Gasteiger partial charge in [-0.1, -0.05) is 6.07 Å². The molecule has 0 aliphatic heterocycles. The molecule has 0 aromatic heterocycles. The quantitative estimate of drug-likeness (QED) is 0.806. The molecule has 1 aromatic rings. The second kappa shape index (κ2) is 8.47. The summed E-state index contributed by atoms with van der Waals surface area (Å²) >= 11 is 0. The molecule has 1 aliphatic carbocycles. The van der Waals surface area contributed by atoms with Crippen LogP contribution < -0.4 is 5.32 Å². The highest BCUT2D eigenvalue weighted by Gasteiger charge is 2.25.